The third-order valence-corrected chi connectivity index (χ3v) is 3.34. The van der Waals surface area contributed by atoms with Crippen molar-refractivity contribution in [2.75, 3.05) is 5.73 Å². The average Bonchev–Trinajstić information content (AvgIpc) is 2.45. The van der Waals surface area contributed by atoms with E-state index in [2.05, 4.69) is 35.7 Å². The zero-order valence-corrected chi connectivity index (χ0v) is 12.5. The molecule has 3 aromatic rings. The van der Waals surface area contributed by atoms with Crippen LogP contribution in [0.3, 0.4) is 0 Å². The largest absolute Gasteiger partial charge is 0.384 e. The molecule has 3 rings (SSSR count). The van der Waals surface area contributed by atoms with Crippen LogP contribution in [-0.2, 0) is 5.41 Å². The van der Waals surface area contributed by atoms with E-state index in [-0.39, 0.29) is 5.41 Å². The molecular formula is C17H18N4. The van der Waals surface area contributed by atoms with Crippen molar-refractivity contribution >= 4 is 16.7 Å². The van der Waals surface area contributed by atoms with Gasteiger partial charge in [-0.25, -0.2) is 15.0 Å². The van der Waals surface area contributed by atoms with E-state index < -0.39 is 0 Å². The SMILES string of the molecule is CC(C)(C)c1cc(N)nc(-c2ccc3ccccc3n2)n1. The maximum absolute atomic E-state index is 5.93. The second kappa shape index (κ2) is 4.81. The van der Waals surface area contributed by atoms with Gasteiger partial charge < -0.3 is 5.73 Å². The Balaban J connectivity index is 2.16. The van der Waals surface area contributed by atoms with Crippen molar-refractivity contribution in [2.45, 2.75) is 26.2 Å². The Kier molecular flexibility index (Phi) is 3.09. The first kappa shape index (κ1) is 13.5. The summed E-state index contributed by atoms with van der Waals surface area (Å²) in [6, 6.07) is 13.8. The van der Waals surface area contributed by atoms with Gasteiger partial charge in [-0.1, -0.05) is 45.0 Å². The van der Waals surface area contributed by atoms with Crippen molar-refractivity contribution in [3.05, 3.63) is 48.2 Å². The van der Waals surface area contributed by atoms with Gasteiger partial charge in [0.25, 0.3) is 0 Å². The van der Waals surface area contributed by atoms with Gasteiger partial charge in [-0.3, -0.25) is 0 Å². The molecule has 4 heteroatoms. The van der Waals surface area contributed by atoms with E-state index in [9.17, 15) is 0 Å². The molecule has 0 radical (unpaired) electrons. The lowest BCUT2D eigenvalue weighted by Crippen LogP contribution is -2.15. The minimum absolute atomic E-state index is 0.0807. The lowest BCUT2D eigenvalue weighted by molar-refractivity contribution is 0.568. The molecule has 2 aromatic heterocycles. The molecule has 106 valence electrons. The number of nitrogen functional groups attached to an aromatic ring is 1. The number of benzene rings is 1. The number of fused-ring (bicyclic) bond motifs is 1. The lowest BCUT2D eigenvalue weighted by atomic mass is 9.92. The van der Waals surface area contributed by atoms with E-state index in [0.717, 1.165) is 22.3 Å². The molecule has 2 heterocycles. The normalized spacial score (nSPS) is 11.8. The minimum atomic E-state index is -0.0807. The van der Waals surface area contributed by atoms with Crippen molar-refractivity contribution in [1.29, 1.82) is 0 Å². The molecule has 0 aliphatic carbocycles. The molecule has 0 saturated heterocycles. The Bertz CT molecular complexity index is 803. The van der Waals surface area contributed by atoms with Gasteiger partial charge in [-0.15, -0.1) is 0 Å². The Morgan fingerprint density at radius 2 is 1.67 bits per heavy atom. The van der Waals surface area contributed by atoms with Crippen LogP contribution in [0.5, 0.6) is 0 Å². The van der Waals surface area contributed by atoms with Crippen LogP contribution in [0.4, 0.5) is 5.82 Å². The molecule has 2 N–H and O–H groups in total. The number of hydrogen-bond donors (Lipinski definition) is 1. The minimum Gasteiger partial charge on any atom is -0.384 e. The van der Waals surface area contributed by atoms with Crippen LogP contribution in [0.25, 0.3) is 22.4 Å². The number of pyridine rings is 1. The summed E-state index contributed by atoms with van der Waals surface area (Å²) >= 11 is 0. The van der Waals surface area contributed by atoms with Crippen molar-refractivity contribution in [2.24, 2.45) is 0 Å². The molecule has 0 aliphatic heterocycles. The Hall–Kier alpha value is -2.49. The fraction of sp³-hybridized carbons (Fsp3) is 0.235. The number of rotatable bonds is 1. The first-order valence-corrected chi connectivity index (χ1v) is 6.95. The van der Waals surface area contributed by atoms with Crippen LogP contribution >= 0.6 is 0 Å². The molecule has 21 heavy (non-hydrogen) atoms. The molecule has 1 aromatic carbocycles. The highest BCUT2D eigenvalue weighted by Gasteiger charge is 2.18. The van der Waals surface area contributed by atoms with Crippen LogP contribution in [0.1, 0.15) is 26.5 Å². The molecule has 0 unspecified atom stereocenters. The molecule has 0 aliphatic rings. The summed E-state index contributed by atoms with van der Waals surface area (Å²) in [5.41, 5.74) is 8.43. The predicted molar refractivity (Wildman–Crippen MR) is 85.9 cm³/mol. The summed E-state index contributed by atoms with van der Waals surface area (Å²) < 4.78 is 0. The molecule has 0 saturated carbocycles. The maximum Gasteiger partial charge on any atom is 0.180 e. The summed E-state index contributed by atoms with van der Waals surface area (Å²) in [4.78, 5) is 13.6. The van der Waals surface area contributed by atoms with Gasteiger partial charge >= 0.3 is 0 Å². The number of hydrogen-bond acceptors (Lipinski definition) is 4. The summed E-state index contributed by atoms with van der Waals surface area (Å²) in [6.45, 7) is 6.31. The third kappa shape index (κ3) is 2.70. The maximum atomic E-state index is 5.93. The number of anilines is 1. The zero-order chi connectivity index (χ0) is 15.0. The summed E-state index contributed by atoms with van der Waals surface area (Å²) in [5, 5.41) is 1.10. The first-order chi connectivity index (χ1) is 9.93. The first-order valence-electron chi connectivity index (χ1n) is 6.95. The van der Waals surface area contributed by atoms with Crippen molar-refractivity contribution in [3.63, 3.8) is 0 Å². The number of nitrogens with two attached hydrogens (primary N) is 1. The van der Waals surface area contributed by atoms with Crippen LogP contribution in [0.2, 0.25) is 0 Å². The van der Waals surface area contributed by atoms with Gasteiger partial charge in [0, 0.05) is 16.9 Å². The second-order valence-corrected chi connectivity index (χ2v) is 6.14. The van der Waals surface area contributed by atoms with Gasteiger partial charge in [0.2, 0.25) is 0 Å². The highest BCUT2D eigenvalue weighted by atomic mass is 15.0. The van der Waals surface area contributed by atoms with Crippen LogP contribution in [0, 0.1) is 0 Å². The quantitative estimate of drug-likeness (QED) is 0.739. The van der Waals surface area contributed by atoms with Gasteiger partial charge in [0.15, 0.2) is 5.82 Å². The van der Waals surface area contributed by atoms with E-state index in [1.807, 2.05) is 42.5 Å². The highest BCUT2D eigenvalue weighted by molar-refractivity contribution is 5.80. The Morgan fingerprint density at radius 1 is 0.905 bits per heavy atom. The zero-order valence-electron chi connectivity index (χ0n) is 12.5. The van der Waals surface area contributed by atoms with E-state index in [1.165, 1.54) is 0 Å². The van der Waals surface area contributed by atoms with E-state index in [4.69, 9.17) is 5.73 Å². The highest BCUT2D eigenvalue weighted by Crippen LogP contribution is 2.25. The predicted octanol–water partition coefficient (Wildman–Crippen LogP) is 3.57. The molecule has 0 bridgehead atoms. The van der Waals surface area contributed by atoms with E-state index >= 15 is 0 Å². The third-order valence-electron chi connectivity index (χ3n) is 3.34. The molecule has 0 fully saturated rings. The van der Waals surface area contributed by atoms with Gasteiger partial charge in [-0.05, 0) is 12.1 Å². The number of aromatic nitrogens is 3. The fourth-order valence-corrected chi connectivity index (χ4v) is 2.16. The molecule has 4 nitrogen and oxygen atoms in total. The van der Waals surface area contributed by atoms with Crippen LogP contribution < -0.4 is 5.73 Å². The topological polar surface area (TPSA) is 64.7 Å². The molecule has 0 atom stereocenters. The Labute approximate surface area is 124 Å². The van der Waals surface area contributed by atoms with Crippen molar-refractivity contribution < 1.29 is 0 Å². The van der Waals surface area contributed by atoms with Gasteiger partial charge in [0.1, 0.15) is 11.5 Å². The van der Waals surface area contributed by atoms with Gasteiger partial charge in [-0.2, -0.15) is 0 Å². The lowest BCUT2D eigenvalue weighted by Gasteiger charge is -2.18. The molecule has 0 spiro atoms. The average molecular weight is 278 g/mol. The summed E-state index contributed by atoms with van der Waals surface area (Å²) in [6.07, 6.45) is 0. The van der Waals surface area contributed by atoms with Crippen molar-refractivity contribution in [3.8, 4) is 11.5 Å². The standard InChI is InChI=1S/C17H18N4/c1-17(2,3)14-10-15(18)21-16(20-14)13-9-8-11-6-4-5-7-12(11)19-13/h4-10H,1-3H3,(H2,18,20,21). The number of nitrogens with zero attached hydrogens (tertiary/aromatic N) is 3. The monoisotopic (exact) mass is 278 g/mol. The second-order valence-electron chi connectivity index (χ2n) is 6.14. The number of para-hydroxylation sites is 1. The van der Waals surface area contributed by atoms with E-state index in [0.29, 0.717) is 11.6 Å². The van der Waals surface area contributed by atoms with Gasteiger partial charge in [0.05, 0.1) is 11.2 Å². The Morgan fingerprint density at radius 3 is 2.43 bits per heavy atom. The summed E-state index contributed by atoms with van der Waals surface area (Å²) in [7, 11) is 0. The molecular weight excluding hydrogens is 260 g/mol. The van der Waals surface area contributed by atoms with Crippen LogP contribution in [0.15, 0.2) is 42.5 Å². The fourth-order valence-electron chi connectivity index (χ4n) is 2.16. The van der Waals surface area contributed by atoms with Crippen LogP contribution in [-0.4, -0.2) is 15.0 Å². The smallest absolute Gasteiger partial charge is 0.180 e. The molecule has 0 amide bonds. The summed E-state index contributed by atoms with van der Waals surface area (Å²) in [5.74, 6) is 1.05. The van der Waals surface area contributed by atoms with E-state index in [1.54, 1.807) is 0 Å². The van der Waals surface area contributed by atoms with Crippen molar-refractivity contribution in [1.82, 2.24) is 15.0 Å².